The van der Waals surface area contributed by atoms with Gasteiger partial charge in [0.25, 0.3) is 0 Å². The van der Waals surface area contributed by atoms with Crippen LogP contribution in [-0.2, 0) is 16.3 Å². The highest BCUT2D eigenvalue weighted by Gasteiger charge is 2.13. The summed E-state index contributed by atoms with van der Waals surface area (Å²) in [5.41, 5.74) is 6.99. The van der Waals surface area contributed by atoms with Gasteiger partial charge in [-0.15, -0.1) is 0 Å². The molecule has 0 fully saturated rings. The maximum atomic E-state index is 13.6. The highest BCUT2D eigenvalue weighted by molar-refractivity contribution is 7.90. The first-order valence-corrected chi connectivity index (χ1v) is 8.16. The van der Waals surface area contributed by atoms with Gasteiger partial charge in [-0.25, -0.2) is 17.2 Å². The van der Waals surface area contributed by atoms with E-state index in [-0.39, 0.29) is 11.3 Å². The molecule has 0 aliphatic rings. The minimum absolute atomic E-state index is 0.199. The fourth-order valence-corrected chi connectivity index (χ4v) is 2.63. The summed E-state index contributed by atoms with van der Waals surface area (Å²) < 4.78 is 49.1. The van der Waals surface area contributed by atoms with Crippen LogP contribution in [0.3, 0.4) is 0 Å². The molecule has 0 amide bonds. The summed E-state index contributed by atoms with van der Waals surface area (Å²) in [6, 6.07) is 8.98. The van der Waals surface area contributed by atoms with Crippen LogP contribution in [0.4, 0.5) is 8.78 Å². The maximum Gasteiger partial charge on any atom is 0.175 e. The minimum Gasteiger partial charge on any atom is -0.324 e. The largest absolute Gasteiger partial charge is 0.324 e. The van der Waals surface area contributed by atoms with Gasteiger partial charge in [-0.1, -0.05) is 18.2 Å². The Balaban J connectivity index is 2.18. The molecule has 0 saturated carbocycles. The molecule has 6 heteroatoms. The Labute approximate surface area is 122 Å². The van der Waals surface area contributed by atoms with Crippen molar-refractivity contribution in [3.05, 3.63) is 65.2 Å². The zero-order valence-corrected chi connectivity index (χ0v) is 12.2. The van der Waals surface area contributed by atoms with Crippen molar-refractivity contribution >= 4 is 9.84 Å². The number of rotatable bonds is 4. The Morgan fingerprint density at radius 2 is 1.71 bits per heavy atom. The van der Waals surface area contributed by atoms with Crippen LogP contribution in [0.2, 0.25) is 0 Å². The molecule has 0 aliphatic heterocycles. The third kappa shape index (κ3) is 3.86. The Morgan fingerprint density at radius 1 is 1.10 bits per heavy atom. The number of hydrogen-bond donors (Lipinski definition) is 1. The molecule has 0 aliphatic carbocycles. The van der Waals surface area contributed by atoms with Crippen LogP contribution in [0.15, 0.2) is 47.4 Å². The van der Waals surface area contributed by atoms with Gasteiger partial charge in [-0.2, -0.15) is 0 Å². The summed E-state index contributed by atoms with van der Waals surface area (Å²) in [4.78, 5) is 0.200. The first kappa shape index (κ1) is 15.6. The third-order valence-electron chi connectivity index (χ3n) is 3.19. The summed E-state index contributed by atoms with van der Waals surface area (Å²) in [7, 11) is -3.26. The van der Waals surface area contributed by atoms with Crippen LogP contribution in [0.5, 0.6) is 0 Å². The normalized spacial score (nSPS) is 13.1. The number of halogens is 2. The van der Waals surface area contributed by atoms with Gasteiger partial charge in [0.05, 0.1) is 4.90 Å². The second-order valence-electron chi connectivity index (χ2n) is 4.89. The summed E-state index contributed by atoms with van der Waals surface area (Å²) in [6.07, 6.45) is 1.32. The average molecular weight is 311 g/mol. The lowest BCUT2D eigenvalue weighted by atomic mass is 9.99. The van der Waals surface area contributed by atoms with Gasteiger partial charge in [0.1, 0.15) is 11.6 Å². The van der Waals surface area contributed by atoms with Crippen LogP contribution in [-0.4, -0.2) is 14.7 Å². The van der Waals surface area contributed by atoms with Gasteiger partial charge in [-0.05, 0) is 35.7 Å². The molecule has 112 valence electrons. The van der Waals surface area contributed by atoms with E-state index in [9.17, 15) is 17.2 Å². The smallest absolute Gasteiger partial charge is 0.175 e. The van der Waals surface area contributed by atoms with Crippen LogP contribution >= 0.6 is 0 Å². The van der Waals surface area contributed by atoms with Gasteiger partial charge >= 0.3 is 0 Å². The average Bonchev–Trinajstić information content (AvgIpc) is 2.41. The molecule has 2 aromatic carbocycles. The number of benzene rings is 2. The van der Waals surface area contributed by atoms with Crippen LogP contribution in [0.1, 0.15) is 17.2 Å². The Morgan fingerprint density at radius 3 is 2.24 bits per heavy atom. The predicted octanol–water partition coefficient (Wildman–Crippen LogP) is 2.61. The molecule has 2 N–H and O–H groups in total. The van der Waals surface area contributed by atoms with Crippen molar-refractivity contribution in [2.24, 2.45) is 5.73 Å². The van der Waals surface area contributed by atoms with E-state index in [2.05, 4.69) is 0 Å². The standard InChI is InChI=1S/C15H15F2NO2S/c1-21(19,20)13-6-3-10(4-7-13)15(18)8-11-2-5-12(16)9-14(11)17/h2-7,9,15H,8,18H2,1H3. The molecule has 2 aromatic rings. The van der Waals surface area contributed by atoms with Gasteiger partial charge in [0.2, 0.25) is 0 Å². The van der Waals surface area contributed by atoms with Gasteiger partial charge in [0.15, 0.2) is 9.84 Å². The first-order chi connectivity index (χ1) is 9.77. The van der Waals surface area contributed by atoms with Crippen LogP contribution in [0.25, 0.3) is 0 Å². The van der Waals surface area contributed by atoms with E-state index in [1.165, 1.54) is 24.3 Å². The zero-order valence-electron chi connectivity index (χ0n) is 11.4. The summed E-state index contributed by atoms with van der Waals surface area (Å²) in [6.45, 7) is 0. The highest BCUT2D eigenvalue weighted by atomic mass is 32.2. The molecule has 1 unspecified atom stereocenters. The van der Waals surface area contributed by atoms with E-state index in [1.54, 1.807) is 12.1 Å². The zero-order chi connectivity index (χ0) is 15.6. The number of nitrogens with two attached hydrogens (primary N) is 1. The molecule has 21 heavy (non-hydrogen) atoms. The lowest BCUT2D eigenvalue weighted by Crippen LogP contribution is -2.14. The molecule has 0 aromatic heterocycles. The second kappa shape index (κ2) is 5.91. The van der Waals surface area contributed by atoms with Crippen molar-refractivity contribution in [3.63, 3.8) is 0 Å². The monoisotopic (exact) mass is 311 g/mol. The molecule has 3 nitrogen and oxygen atoms in total. The molecule has 0 radical (unpaired) electrons. The quantitative estimate of drug-likeness (QED) is 0.944. The summed E-state index contributed by atoms with van der Waals surface area (Å²) in [5.74, 6) is -1.28. The van der Waals surface area contributed by atoms with E-state index >= 15 is 0 Å². The summed E-state index contributed by atoms with van der Waals surface area (Å²) >= 11 is 0. The predicted molar refractivity (Wildman–Crippen MR) is 76.5 cm³/mol. The van der Waals surface area contributed by atoms with Gasteiger partial charge in [0, 0.05) is 18.4 Å². The van der Waals surface area contributed by atoms with Crippen LogP contribution in [0, 0.1) is 11.6 Å². The number of hydrogen-bond acceptors (Lipinski definition) is 3. The Bertz CT molecular complexity index is 743. The fraction of sp³-hybridized carbons (Fsp3) is 0.200. The van der Waals surface area contributed by atoms with Gasteiger partial charge < -0.3 is 5.73 Å². The first-order valence-electron chi connectivity index (χ1n) is 6.27. The van der Waals surface area contributed by atoms with Crippen molar-refractivity contribution in [3.8, 4) is 0 Å². The SMILES string of the molecule is CS(=O)(=O)c1ccc(C(N)Cc2ccc(F)cc2F)cc1. The van der Waals surface area contributed by atoms with Crippen molar-refractivity contribution < 1.29 is 17.2 Å². The lowest BCUT2D eigenvalue weighted by Gasteiger charge is -2.13. The third-order valence-corrected chi connectivity index (χ3v) is 4.32. The summed E-state index contributed by atoms with van der Waals surface area (Å²) in [5, 5.41) is 0. The maximum absolute atomic E-state index is 13.6. The van der Waals surface area contributed by atoms with E-state index in [4.69, 9.17) is 5.73 Å². The fourth-order valence-electron chi connectivity index (χ4n) is 2.00. The van der Waals surface area contributed by atoms with Crippen molar-refractivity contribution in [1.29, 1.82) is 0 Å². The highest BCUT2D eigenvalue weighted by Crippen LogP contribution is 2.20. The van der Waals surface area contributed by atoms with E-state index in [1.807, 2.05) is 0 Å². The second-order valence-corrected chi connectivity index (χ2v) is 6.90. The molecule has 2 rings (SSSR count). The molecule has 0 saturated heterocycles. The van der Waals surface area contributed by atoms with E-state index in [0.717, 1.165) is 12.3 Å². The molecule has 1 atom stereocenters. The van der Waals surface area contributed by atoms with E-state index < -0.39 is 27.5 Å². The topological polar surface area (TPSA) is 60.2 Å². The van der Waals surface area contributed by atoms with Crippen molar-refractivity contribution in [2.75, 3.05) is 6.26 Å². The number of sulfone groups is 1. The van der Waals surface area contributed by atoms with Crippen molar-refractivity contribution in [1.82, 2.24) is 0 Å². The molecular formula is C15H15F2NO2S. The Kier molecular flexibility index (Phi) is 4.39. The van der Waals surface area contributed by atoms with Crippen molar-refractivity contribution in [2.45, 2.75) is 17.4 Å². The van der Waals surface area contributed by atoms with E-state index in [0.29, 0.717) is 11.1 Å². The molecule has 0 heterocycles. The Hall–Kier alpha value is -1.79. The van der Waals surface area contributed by atoms with Gasteiger partial charge in [-0.3, -0.25) is 0 Å². The lowest BCUT2D eigenvalue weighted by molar-refractivity contribution is 0.563. The van der Waals surface area contributed by atoms with Crippen LogP contribution < -0.4 is 5.73 Å². The molecule has 0 spiro atoms. The minimum atomic E-state index is -3.26. The molecular weight excluding hydrogens is 296 g/mol. The molecule has 0 bridgehead atoms.